The van der Waals surface area contributed by atoms with E-state index in [-0.39, 0.29) is 17.9 Å². The van der Waals surface area contributed by atoms with Crippen molar-refractivity contribution >= 4 is 28.4 Å². The zero-order valence-electron chi connectivity index (χ0n) is 18.6. The third kappa shape index (κ3) is 3.71. The van der Waals surface area contributed by atoms with Gasteiger partial charge in [0.1, 0.15) is 11.5 Å². The van der Waals surface area contributed by atoms with Gasteiger partial charge in [-0.25, -0.2) is 0 Å². The SMILES string of the molecule is CCOc1cccc(/C(O)=C2\C(=O)C(=O)N(Cc3cccnc3)C2c2c[nH]c3ccccc23)c1. The molecule has 1 fully saturated rings. The number of nitrogens with zero attached hydrogens (tertiary/aromatic N) is 2. The maximum atomic E-state index is 13.3. The predicted octanol–water partition coefficient (Wildman–Crippen LogP) is 4.58. The number of amides is 1. The minimum atomic E-state index is -0.771. The quantitative estimate of drug-likeness (QED) is 0.253. The molecule has 7 nitrogen and oxygen atoms in total. The molecular weight excluding hydrogens is 430 g/mol. The summed E-state index contributed by atoms with van der Waals surface area (Å²) in [4.78, 5) is 35.4. The largest absolute Gasteiger partial charge is 0.507 e. The molecule has 4 aromatic rings. The second kappa shape index (κ2) is 8.86. The average Bonchev–Trinajstić information content (AvgIpc) is 3.39. The summed E-state index contributed by atoms with van der Waals surface area (Å²) in [6.07, 6.45) is 5.11. The Morgan fingerprint density at radius 3 is 2.76 bits per heavy atom. The smallest absolute Gasteiger partial charge is 0.295 e. The summed E-state index contributed by atoms with van der Waals surface area (Å²) in [5, 5.41) is 12.2. The van der Waals surface area contributed by atoms with Crippen LogP contribution in [0.1, 0.15) is 29.7 Å². The molecule has 3 heterocycles. The van der Waals surface area contributed by atoms with Gasteiger partial charge >= 0.3 is 0 Å². The van der Waals surface area contributed by atoms with Crippen molar-refractivity contribution in [3.05, 3.63) is 102 Å². The Labute approximate surface area is 196 Å². The molecule has 170 valence electrons. The first-order valence-electron chi connectivity index (χ1n) is 11.0. The number of aliphatic hydroxyl groups is 1. The maximum Gasteiger partial charge on any atom is 0.295 e. The monoisotopic (exact) mass is 453 g/mol. The van der Waals surface area contributed by atoms with Gasteiger partial charge in [-0.05, 0) is 36.8 Å². The normalized spacial score (nSPS) is 17.4. The number of carbonyl (C=O) groups excluding carboxylic acids is 2. The van der Waals surface area contributed by atoms with E-state index in [0.717, 1.165) is 22.0 Å². The number of pyridine rings is 1. The highest BCUT2D eigenvalue weighted by molar-refractivity contribution is 6.46. The van der Waals surface area contributed by atoms with E-state index in [1.165, 1.54) is 4.90 Å². The first-order valence-corrected chi connectivity index (χ1v) is 11.0. The van der Waals surface area contributed by atoms with Gasteiger partial charge in [-0.15, -0.1) is 0 Å². The molecule has 1 unspecified atom stereocenters. The standard InChI is InChI=1S/C27H23N3O4/c1-2-34-19-9-5-8-18(13-19)25(31)23-24(21-15-29-22-11-4-3-10-20(21)22)30(27(33)26(23)32)16-17-7-6-12-28-14-17/h3-15,24,29,31H,2,16H2,1H3/b25-23+. The molecular formula is C27H23N3O4. The average molecular weight is 453 g/mol. The van der Waals surface area contributed by atoms with Crippen molar-refractivity contribution in [1.29, 1.82) is 0 Å². The van der Waals surface area contributed by atoms with Crippen LogP contribution in [0, 0.1) is 0 Å². The number of hydrogen-bond donors (Lipinski definition) is 2. The lowest BCUT2D eigenvalue weighted by Gasteiger charge is -2.25. The lowest BCUT2D eigenvalue weighted by atomic mass is 9.94. The Morgan fingerprint density at radius 1 is 1.12 bits per heavy atom. The second-order valence-corrected chi connectivity index (χ2v) is 8.04. The van der Waals surface area contributed by atoms with E-state index in [9.17, 15) is 14.7 Å². The van der Waals surface area contributed by atoms with Crippen LogP contribution in [0.4, 0.5) is 0 Å². The molecule has 0 bridgehead atoms. The number of nitrogens with one attached hydrogen (secondary N) is 1. The summed E-state index contributed by atoms with van der Waals surface area (Å²) in [7, 11) is 0. The first kappa shape index (κ1) is 21.5. The molecule has 1 atom stereocenters. The van der Waals surface area contributed by atoms with Gasteiger partial charge in [0.25, 0.3) is 11.7 Å². The molecule has 1 aliphatic heterocycles. The lowest BCUT2D eigenvalue weighted by Crippen LogP contribution is -2.29. The summed E-state index contributed by atoms with van der Waals surface area (Å²) < 4.78 is 5.56. The van der Waals surface area contributed by atoms with E-state index in [1.807, 2.05) is 37.3 Å². The molecule has 5 rings (SSSR count). The fourth-order valence-electron chi connectivity index (χ4n) is 4.43. The number of aromatic nitrogens is 2. The van der Waals surface area contributed by atoms with Crippen LogP contribution in [0.15, 0.2) is 84.8 Å². The van der Waals surface area contributed by atoms with Gasteiger partial charge in [-0.2, -0.15) is 0 Å². The fourth-order valence-corrected chi connectivity index (χ4v) is 4.43. The number of carbonyl (C=O) groups is 2. The van der Waals surface area contributed by atoms with Gasteiger partial charge in [-0.3, -0.25) is 14.6 Å². The molecule has 0 saturated carbocycles. The van der Waals surface area contributed by atoms with Crippen molar-refractivity contribution in [3.63, 3.8) is 0 Å². The number of ketones is 1. The van der Waals surface area contributed by atoms with Gasteiger partial charge in [0.2, 0.25) is 0 Å². The highest BCUT2D eigenvalue weighted by atomic mass is 16.5. The lowest BCUT2D eigenvalue weighted by molar-refractivity contribution is -0.140. The number of aromatic amines is 1. The van der Waals surface area contributed by atoms with Crippen LogP contribution in [0.5, 0.6) is 5.75 Å². The van der Waals surface area contributed by atoms with E-state index in [2.05, 4.69) is 9.97 Å². The van der Waals surface area contributed by atoms with Gasteiger partial charge in [0, 0.05) is 47.2 Å². The molecule has 7 heteroatoms. The Hall–Kier alpha value is -4.39. The van der Waals surface area contributed by atoms with Crippen LogP contribution < -0.4 is 4.74 Å². The van der Waals surface area contributed by atoms with Gasteiger partial charge in [-0.1, -0.05) is 36.4 Å². The summed E-state index contributed by atoms with van der Waals surface area (Å²) >= 11 is 0. The Bertz CT molecular complexity index is 1410. The summed E-state index contributed by atoms with van der Waals surface area (Å²) in [5.41, 5.74) is 2.86. The molecule has 0 radical (unpaired) electrons. The minimum absolute atomic E-state index is 0.0484. The van der Waals surface area contributed by atoms with E-state index < -0.39 is 17.7 Å². The molecule has 1 saturated heterocycles. The van der Waals surface area contributed by atoms with Crippen LogP contribution in [0.25, 0.3) is 16.7 Å². The molecule has 1 amide bonds. The maximum absolute atomic E-state index is 13.3. The second-order valence-electron chi connectivity index (χ2n) is 8.04. The number of ether oxygens (including phenoxy) is 1. The molecule has 1 aliphatic rings. The molecule has 2 aromatic carbocycles. The van der Waals surface area contributed by atoms with Crippen molar-refractivity contribution in [2.24, 2.45) is 0 Å². The van der Waals surface area contributed by atoms with E-state index in [4.69, 9.17) is 4.74 Å². The van der Waals surface area contributed by atoms with Crippen molar-refractivity contribution in [2.45, 2.75) is 19.5 Å². The Morgan fingerprint density at radius 2 is 1.97 bits per heavy atom. The third-order valence-electron chi connectivity index (χ3n) is 5.95. The first-order chi connectivity index (χ1) is 16.6. The predicted molar refractivity (Wildman–Crippen MR) is 128 cm³/mol. The summed E-state index contributed by atoms with van der Waals surface area (Å²) in [6, 6.07) is 17.4. The van der Waals surface area contributed by atoms with E-state index in [0.29, 0.717) is 17.9 Å². The number of rotatable bonds is 6. The van der Waals surface area contributed by atoms with Crippen LogP contribution in [-0.4, -0.2) is 38.3 Å². The topological polar surface area (TPSA) is 95.5 Å². The highest BCUT2D eigenvalue weighted by Gasteiger charge is 2.46. The number of fused-ring (bicyclic) bond motifs is 1. The number of hydrogen-bond acceptors (Lipinski definition) is 5. The zero-order valence-corrected chi connectivity index (χ0v) is 18.6. The summed E-state index contributed by atoms with van der Waals surface area (Å²) in [5.74, 6) is -1.05. The van der Waals surface area contributed by atoms with Crippen molar-refractivity contribution < 1.29 is 19.4 Å². The van der Waals surface area contributed by atoms with Crippen molar-refractivity contribution in [3.8, 4) is 5.75 Å². The van der Waals surface area contributed by atoms with E-state index in [1.54, 1.807) is 48.9 Å². The van der Waals surface area contributed by atoms with Gasteiger partial charge in [0.15, 0.2) is 0 Å². The van der Waals surface area contributed by atoms with Crippen molar-refractivity contribution in [1.82, 2.24) is 14.9 Å². The number of benzene rings is 2. The molecule has 2 N–H and O–H groups in total. The highest BCUT2D eigenvalue weighted by Crippen LogP contribution is 2.42. The number of Topliss-reactive ketones (excluding diaryl/α,β-unsaturated/α-hetero) is 1. The number of aliphatic hydroxyl groups excluding tert-OH is 1. The van der Waals surface area contributed by atoms with E-state index >= 15 is 0 Å². The summed E-state index contributed by atoms with van der Waals surface area (Å²) in [6.45, 7) is 2.51. The molecule has 34 heavy (non-hydrogen) atoms. The molecule has 0 aliphatic carbocycles. The van der Waals surface area contributed by atoms with Gasteiger partial charge in [0.05, 0.1) is 18.2 Å². The zero-order chi connectivity index (χ0) is 23.7. The Balaban J connectivity index is 1.69. The van der Waals surface area contributed by atoms with Crippen LogP contribution >= 0.6 is 0 Å². The molecule has 2 aromatic heterocycles. The fraction of sp³-hybridized carbons (Fsp3) is 0.148. The van der Waals surface area contributed by atoms with Crippen LogP contribution in [0.3, 0.4) is 0 Å². The number of H-pyrrole nitrogens is 1. The molecule has 0 spiro atoms. The van der Waals surface area contributed by atoms with Crippen molar-refractivity contribution in [2.75, 3.05) is 6.61 Å². The third-order valence-corrected chi connectivity index (χ3v) is 5.95. The van der Waals surface area contributed by atoms with Crippen LogP contribution in [-0.2, 0) is 16.1 Å². The van der Waals surface area contributed by atoms with Gasteiger partial charge < -0.3 is 19.7 Å². The Kier molecular flexibility index (Phi) is 5.59. The number of likely N-dealkylation sites (tertiary alicyclic amines) is 1. The van der Waals surface area contributed by atoms with Crippen LogP contribution in [0.2, 0.25) is 0 Å². The minimum Gasteiger partial charge on any atom is -0.507 e. The number of para-hydroxylation sites is 1.